The molecule has 0 aromatic rings. The van der Waals surface area contributed by atoms with Crippen molar-refractivity contribution in [2.24, 2.45) is 0 Å². The van der Waals surface area contributed by atoms with Gasteiger partial charge in [0.25, 0.3) is 0 Å². The van der Waals surface area contributed by atoms with Crippen LogP contribution in [0.3, 0.4) is 0 Å². The highest BCUT2D eigenvalue weighted by molar-refractivity contribution is 4.49. The molecule has 4 heteroatoms. The van der Waals surface area contributed by atoms with E-state index in [-0.39, 0.29) is 12.9 Å². The Morgan fingerprint density at radius 3 is 2.70 bits per heavy atom. The van der Waals surface area contributed by atoms with Gasteiger partial charge in [-0.05, 0) is 0 Å². The third-order valence-electron chi connectivity index (χ3n) is 1.18. The van der Waals surface area contributed by atoms with Crippen molar-refractivity contribution in [1.82, 2.24) is 0 Å². The molecule has 0 saturated carbocycles. The van der Waals surface area contributed by atoms with E-state index in [1.54, 1.807) is 0 Å². The first kappa shape index (κ1) is 7.94. The van der Waals surface area contributed by atoms with E-state index in [1.165, 1.54) is 0 Å². The Balaban J connectivity index is 1.91. The molecule has 1 rings (SSSR count). The second-order valence-electron chi connectivity index (χ2n) is 1.97. The van der Waals surface area contributed by atoms with Crippen molar-refractivity contribution in [2.75, 3.05) is 33.0 Å². The number of ether oxygens (including phenoxy) is 3. The minimum absolute atomic E-state index is 0.0483. The van der Waals surface area contributed by atoms with E-state index in [0.29, 0.717) is 26.4 Å². The second-order valence-corrected chi connectivity index (χ2v) is 1.97. The van der Waals surface area contributed by atoms with Gasteiger partial charge in [-0.25, -0.2) is 0 Å². The summed E-state index contributed by atoms with van der Waals surface area (Å²) in [5.41, 5.74) is 0. The Labute approximate surface area is 59.7 Å². The summed E-state index contributed by atoms with van der Waals surface area (Å²) in [7, 11) is 0. The van der Waals surface area contributed by atoms with Gasteiger partial charge >= 0.3 is 0 Å². The fraction of sp³-hybridized carbons (Fsp3) is 1.00. The van der Waals surface area contributed by atoms with Crippen molar-refractivity contribution >= 4 is 0 Å². The Bertz CT molecular complexity index is 79.8. The molecule has 0 aromatic carbocycles. The minimum atomic E-state index is -0.216. The summed E-state index contributed by atoms with van der Waals surface area (Å²) in [5.74, 6) is 0. The molecule has 0 aliphatic carbocycles. The van der Waals surface area contributed by atoms with E-state index in [4.69, 9.17) is 19.3 Å². The molecule has 0 radical (unpaired) electrons. The van der Waals surface area contributed by atoms with Crippen molar-refractivity contribution < 1.29 is 19.3 Å². The van der Waals surface area contributed by atoms with E-state index in [9.17, 15) is 0 Å². The SMILES string of the molecule is OCCOCC1OCCO1. The van der Waals surface area contributed by atoms with Gasteiger partial charge in [0.2, 0.25) is 0 Å². The van der Waals surface area contributed by atoms with Crippen LogP contribution < -0.4 is 0 Å². The molecule has 4 nitrogen and oxygen atoms in total. The molecular formula is C6H12O4. The fourth-order valence-corrected chi connectivity index (χ4v) is 0.748. The summed E-state index contributed by atoms with van der Waals surface area (Å²) >= 11 is 0. The van der Waals surface area contributed by atoms with Crippen LogP contribution in [0.15, 0.2) is 0 Å². The van der Waals surface area contributed by atoms with Gasteiger partial charge < -0.3 is 19.3 Å². The van der Waals surface area contributed by atoms with Gasteiger partial charge in [-0.3, -0.25) is 0 Å². The molecule has 1 aliphatic rings. The molecular weight excluding hydrogens is 136 g/mol. The molecule has 1 aliphatic heterocycles. The molecule has 1 saturated heterocycles. The predicted molar refractivity (Wildman–Crippen MR) is 33.6 cm³/mol. The van der Waals surface area contributed by atoms with Crippen LogP contribution in [0.25, 0.3) is 0 Å². The summed E-state index contributed by atoms with van der Waals surface area (Å²) in [4.78, 5) is 0. The molecule has 1 fully saturated rings. The molecule has 1 N–H and O–H groups in total. The largest absolute Gasteiger partial charge is 0.394 e. The quantitative estimate of drug-likeness (QED) is 0.539. The lowest BCUT2D eigenvalue weighted by Crippen LogP contribution is -2.17. The minimum Gasteiger partial charge on any atom is -0.394 e. The predicted octanol–water partition coefficient (Wildman–Crippen LogP) is -0.632. The van der Waals surface area contributed by atoms with Crippen LogP contribution >= 0.6 is 0 Å². The Kier molecular flexibility index (Phi) is 3.67. The summed E-state index contributed by atoms with van der Waals surface area (Å²) < 4.78 is 15.1. The van der Waals surface area contributed by atoms with Gasteiger partial charge in [-0.2, -0.15) is 0 Å². The Hall–Kier alpha value is -0.160. The van der Waals surface area contributed by atoms with Crippen LogP contribution in [0, 0.1) is 0 Å². The molecule has 0 bridgehead atoms. The molecule has 10 heavy (non-hydrogen) atoms. The van der Waals surface area contributed by atoms with Crippen LogP contribution in [0.5, 0.6) is 0 Å². The van der Waals surface area contributed by atoms with Crippen molar-refractivity contribution in [3.8, 4) is 0 Å². The van der Waals surface area contributed by atoms with Gasteiger partial charge in [0.15, 0.2) is 6.29 Å². The smallest absolute Gasteiger partial charge is 0.181 e. The molecule has 0 spiro atoms. The van der Waals surface area contributed by atoms with Crippen LogP contribution in [-0.4, -0.2) is 44.4 Å². The molecule has 1 heterocycles. The monoisotopic (exact) mass is 148 g/mol. The van der Waals surface area contributed by atoms with E-state index >= 15 is 0 Å². The molecule has 0 atom stereocenters. The summed E-state index contributed by atoms with van der Waals surface area (Å²) in [6.45, 7) is 2.11. The van der Waals surface area contributed by atoms with Gasteiger partial charge in [-0.1, -0.05) is 0 Å². The summed E-state index contributed by atoms with van der Waals surface area (Å²) in [5, 5.41) is 8.33. The maximum Gasteiger partial charge on any atom is 0.181 e. The standard InChI is InChI=1S/C6H12O4/c7-1-2-8-5-6-9-3-4-10-6/h6-7H,1-5H2. The first-order valence-corrected chi connectivity index (χ1v) is 3.35. The van der Waals surface area contributed by atoms with Crippen LogP contribution in [0.4, 0.5) is 0 Å². The first-order valence-electron chi connectivity index (χ1n) is 3.35. The number of rotatable bonds is 4. The Morgan fingerprint density at radius 2 is 2.10 bits per heavy atom. The highest BCUT2D eigenvalue weighted by Gasteiger charge is 2.14. The highest BCUT2D eigenvalue weighted by atomic mass is 16.7. The van der Waals surface area contributed by atoms with Gasteiger partial charge in [-0.15, -0.1) is 0 Å². The second kappa shape index (κ2) is 4.62. The molecule has 60 valence electrons. The van der Waals surface area contributed by atoms with Crippen molar-refractivity contribution in [3.63, 3.8) is 0 Å². The first-order chi connectivity index (χ1) is 4.93. The highest BCUT2D eigenvalue weighted by Crippen LogP contribution is 2.02. The van der Waals surface area contributed by atoms with Crippen LogP contribution in [0.2, 0.25) is 0 Å². The number of aliphatic hydroxyl groups excluding tert-OH is 1. The lowest BCUT2D eigenvalue weighted by atomic mass is 10.7. The van der Waals surface area contributed by atoms with Crippen molar-refractivity contribution in [2.45, 2.75) is 6.29 Å². The zero-order chi connectivity index (χ0) is 7.23. The maximum absolute atomic E-state index is 8.33. The molecule has 0 unspecified atom stereocenters. The van der Waals surface area contributed by atoms with Crippen LogP contribution in [-0.2, 0) is 14.2 Å². The maximum atomic E-state index is 8.33. The number of hydrogen-bond donors (Lipinski definition) is 1. The van der Waals surface area contributed by atoms with Crippen LogP contribution in [0.1, 0.15) is 0 Å². The topological polar surface area (TPSA) is 47.9 Å². The summed E-state index contributed by atoms with van der Waals surface area (Å²) in [6, 6.07) is 0. The number of aliphatic hydroxyl groups is 1. The van der Waals surface area contributed by atoms with Crippen molar-refractivity contribution in [3.05, 3.63) is 0 Å². The average molecular weight is 148 g/mol. The van der Waals surface area contributed by atoms with E-state index in [0.717, 1.165) is 0 Å². The zero-order valence-corrected chi connectivity index (χ0v) is 5.78. The normalized spacial score (nSPS) is 20.1. The lowest BCUT2D eigenvalue weighted by molar-refractivity contribution is -0.0970. The van der Waals surface area contributed by atoms with E-state index < -0.39 is 0 Å². The van der Waals surface area contributed by atoms with Crippen molar-refractivity contribution in [1.29, 1.82) is 0 Å². The molecule has 0 amide bonds. The van der Waals surface area contributed by atoms with Gasteiger partial charge in [0.1, 0.15) is 0 Å². The molecule has 0 aromatic heterocycles. The fourth-order valence-electron chi connectivity index (χ4n) is 0.748. The lowest BCUT2D eigenvalue weighted by Gasteiger charge is -2.07. The number of hydrogen-bond acceptors (Lipinski definition) is 4. The van der Waals surface area contributed by atoms with Gasteiger partial charge in [0, 0.05) is 0 Å². The summed E-state index contributed by atoms with van der Waals surface area (Å²) in [6.07, 6.45) is -0.216. The third kappa shape index (κ3) is 2.62. The third-order valence-corrected chi connectivity index (χ3v) is 1.18. The average Bonchev–Trinajstić information content (AvgIpc) is 2.41. The van der Waals surface area contributed by atoms with E-state index in [1.807, 2.05) is 0 Å². The Morgan fingerprint density at radius 1 is 1.40 bits per heavy atom. The van der Waals surface area contributed by atoms with Gasteiger partial charge in [0.05, 0.1) is 33.0 Å². The zero-order valence-electron chi connectivity index (χ0n) is 5.78. The van der Waals surface area contributed by atoms with E-state index in [2.05, 4.69) is 0 Å².